The van der Waals surface area contributed by atoms with Crippen LogP contribution in [0.3, 0.4) is 0 Å². The number of furan rings is 1. The molecule has 1 aromatic heterocycles. The number of hydrogen-bond donors (Lipinski definition) is 1. The van der Waals surface area contributed by atoms with Crippen molar-refractivity contribution in [3.8, 4) is 0 Å². The van der Waals surface area contributed by atoms with Gasteiger partial charge in [-0.15, -0.1) is 0 Å². The third kappa shape index (κ3) is 4.53. The Labute approximate surface area is 154 Å². The average molecular weight is 376 g/mol. The van der Waals surface area contributed by atoms with Crippen molar-refractivity contribution in [2.45, 2.75) is 37.6 Å². The fourth-order valence-electron chi connectivity index (χ4n) is 3.20. The second kappa shape index (κ2) is 8.05. The van der Waals surface area contributed by atoms with Crippen molar-refractivity contribution < 1.29 is 17.6 Å². The van der Waals surface area contributed by atoms with Gasteiger partial charge in [0.25, 0.3) is 0 Å². The highest BCUT2D eigenvalue weighted by Gasteiger charge is 2.29. The molecular weight excluding hydrogens is 352 g/mol. The van der Waals surface area contributed by atoms with Gasteiger partial charge in [-0.1, -0.05) is 18.2 Å². The molecule has 0 unspecified atom stereocenters. The SMILES string of the molecule is Cc1ccc(CNC(=O)CC2CCN(S(=O)(=O)c3ccccc3)CC2)o1. The first-order valence-electron chi connectivity index (χ1n) is 8.82. The van der Waals surface area contributed by atoms with Gasteiger partial charge in [-0.25, -0.2) is 8.42 Å². The van der Waals surface area contributed by atoms with E-state index in [2.05, 4.69) is 5.32 Å². The normalized spacial score (nSPS) is 16.5. The summed E-state index contributed by atoms with van der Waals surface area (Å²) < 4.78 is 32.2. The Morgan fingerprint density at radius 2 is 1.85 bits per heavy atom. The maximum Gasteiger partial charge on any atom is 0.243 e. The highest BCUT2D eigenvalue weighted by molar-refractivity contribution is 7.89. The Balaban J connectivity index is 1.47. The molecule has 26 heavy (non-hydrogen) atoms. The average Bonchev–Trinajstić information content (AvgIpc) is 3.06. The third-order valence-electron chi connectivity index (χ3n) is 4.68. The number of amides is 1. The zero-order valence-corrected chi connectivity index (χ0v) is 15.7. The predicted octanol–water partition coefficient (Wildman–Crippen LogP) is 2.70. The van der Waals surface area contributed by atoms with E-state index in [9.17, 15) is 13.2 Å². The van der Waals surface area contributed by atoms with E-state index < -0.39 is 10.0 Å². The largest absolute Gasteiger partial charge is 0.465 e. The fourth-order valence-corrected chi connectivity index (χ4v) is 4.69. The van der Waals surface area contributed by atoms with Gasteiger partial charge >= 0.3 is 0 Å². The molecule has 1 fully saturated rings. The Bertz CT molecular complexity index is 837. The molecule has 7 heteroatoms. The van der Waals surface area contributed by atoms with Crippen LogP contribution in [0.4, 0.5) is 0 Å². The minimum Gasteiger partial charge on any atom is -0.465 e. The van der Waals surface area contributed by atoms with Gasteiger partial charge in [-0.3, -0.25) is 4.79 Å². The van der Waals surface area contributed by atoms with Crippen LogP contribution < -0.4 is 5.32 Å². The fraction of sp³-hybridized carbons (Fsp3) is 0.421. The van der Waals surface area contributed by atoms with E-state index in [1.54, 1.807) is 30.3 Å². The van der Waals surface area contributed by atoms with Crippen LogP contribution in [-0.2, 0) is 21.4 Å². The quantitative estimate of drug-likeness (QED) is 0.841. The third-order valence-corrected chi connectivity index (χ3v) is 6.60. The lowest BCUT2D eigenvalue weighted by Gasteiger charge is -2.30. The van der Waals surface area contributed by atoms with Crippen LogP contribution in [0.25, 0.3) is 0 Å². The summed E-state index contributed by atoms with van der Waals surface area (Å²) >= 11 is 0. The minimum atomic E-state index is -3.44. The molecule has 140 valence electrons. The Morgan fingerprint density at radius 1 is 1.15 bits per heavy atom. The number of aryl methyl sites for hydroxylation is 1. The number of nitrogens with zero attached hydrogens (tertiary/aromatic N) is 1. The molecule has 3 rings (SSSR count). The Hall–Kier alpha value is -2.12. The van der Waals surface area contributed by atoms with Gasteiger partial charge in [0.1, 0.15) is 11.5 Å². The molecule has 0 saturated carbocycles. The van der Waals surface area contributed by atoms with Crippen LogP contribution in [-0.4, -0.2) is 31.7 Å². The summed E-state index contributed by atoms with van der Waals surface area (Å²) in [5.74, 6) is 1.74. The summed E-state index contributed by atoms with van der Waals surface area (Å²) in [7, 11) is -3.44. The molecule has 0 radical (unpaired) electrons. The molecule has 1 aliphatic heterocycles. The maximum absolute atomic E-state index is 12.6. The second-order valence-corrected chi connectivity index (χ2v) is 8.59. The van der Waals surface area contributed by atoms with Crippen molar-refractivity contribution >= 4 is 15.9 Å². The van der Waals surface area contributed by atoms with Crippen molar-refractivity contribution in [2.24, 2.45) is 5.92 Å². The lowest BCUT2D eigenvalue weighted by atomic mass is 9.94. The summed E-state index contributed by atoms with van der Waals surface area (Å²) in [5.41, 5.74) is 0. The summed E-state index contributed by atoms with van der Waals surface area (Å²) in [6.07, 6.45) is 1.80. The number of carbonyl (C=O) groups is 1. The number of piperidine rings is 1. The zero-order chi connectivity index (χ0) is 18.6. The first kappa shape index (κ1) is 18.7. The summed E-state index contributed by atoms with van der Waals surface area (Å²) in [6, 6.07) is 12.2. The van der Waals surface area contributed by atoms with E-state index in [1.807, 2.05) is 19.1 Å². The van der Waals surface area contributed by atoms with Crippen LogP contribution >= 0.6 is 0 Å². The van der Waals surface area contributed by atoms with Crippen molar-refractivity contribution in [1.82, 2.24) is 9.62 Å². The molecule has 1 saturated heterocycles. The van der Waals surface area contributed by atoms with E-state index in [4.69, 9.17) is 4.42 Å². The minimum absolute atomic E-state index is 0.0246. The maximum atomic E-state index is 12.6. The highest BCUT2D eigenvalue weighted by atomic mass is 32.2. The first-order valence-corrected chi connectivity index (χ1v) is 10.3. The Morgan fingerprint density at radius 3 is 2.46 bits per heavy atom. The van der Waals surface area contributed by atoms with Gasteiger partial charge in [-0.2, -0.15) is 4.31 Å². The van der Waals surface area contributed by atoms with Crippen LogP contribution in [0.5, 0.6) is 0 Å². The van der Waals surface area contributed by atoms with Crippen LogP contribution in [0, 0.1) is 12.8 Å². The molecule has 1 aromatic carbocycles. The topological polar surface area (TPSA) is 79.6 Å². The van der Waals surface area contributed by atoms with Crippen LogP contribution in [0.2, 0.25) is 0 Å². The second-order valence-electron chi connectivity index (χ2n) is 6.65. The van der Waals surface area contributed by atoms with Crippen LogP contribution in [0.1, 0.15) is 30.8 Å². The molecule has 2 aromatic rings. The van der Waals surface area contributed by atoms with Crippen molar-refractivity contribution in [3.05, 3.63) is 54.0 Å². The zero-order valence-electron chi connectivity index (χ0n) is 14.8. The van der Waals surface area contributed by atoms with E-state index in [-0.39, 0.29) is 11.8 Å². The molecule has 1 aliphatic rings. The van der Waals surface area contributed by atoms with E-state index in [0.29, 0.717) is 43.8 Å². The number of hydrogen-bond acceptors (Lipinski definition) is 4. The molecule has 0 atom stereocenters. The van der Waals surface area contributed by atoms with Gasteiger partial charge in [-0.05, 0) is 49.9 Å². The van der Waals surface area contributed by atoms with Crippen molar-refractivity contribution in [1.29, 1.82) is 0 Å². The molecule has 0 bridgehead atoms. The number of carbonyl (C=O) groups excluding carboxylic acids is 1. The number of sulfonamides is 1. The summed E-state index contributed by atoms with van der Waals surface area (Å²) in [6.45, 7) is 3.15. The molecule has 1 amide bonds. The summed E-state index contributed by atoms with van der Waals surface area (Å²) in [5, 5.41) is 2.86. The molecule has 0 spiro atoms. The monoisotopic (exact) mass is 376 g/mol. The van der Waals surface area contributed by atoms with Crippen molar-refractivity contribution in [3.63, 3.8) is 0 Å². The molecule has 6 nitrogen and oxygen atoms in total. The number of nitrogens with one attached hydrogen (secondary N) is 1. The Kier molecular flexibility index (Phi) is 5.78. The number of benzene rings is 1. The van der Waals surface area contributed by atoms with Gasteiger partial charge in [0, 0.05) is 19.5 Å². The molecular formula is C19H24N2O4S. The van der Waals surface area contributed by atoms with Gasteiger partial charge in [0.15, 0.2) is 0 Å². The number of rotatable bonds is 6. The lowest BCUT2D eigenvalue weighted by molar-refractivity contribution is -0.122. The predicted molar refractivity (Wildman–Crippen MR) is 97.8 cm³/mol. The molecule has 1 N–H and O–H groups in total. The smallest absolute Gasteiger partial charge is 0.243 e. The van der Waals surface area contributed by atoms with Crippen LogP contribution in [0.15, 0.2) is 51.8 Å². The molecule has 0 aliphatic carbocycles. The summed E-state index contributed by atoms with van der Waals surface area (Å²) in [4.78, 5) is 12.4. The van der Waals surface area contributed by atoms with Crippen molar-refractivity contribution in [2.75, 3.05) is 13.1 Å². The van der Waals surface area contributed by atoms with Gasteiger partial charge in [0.2, 0.25) is 15.9 Å². The van der Waals surface area contributed by atoms with Gasteiger partial charge in [0.05, 0.1) is 11.4 Å². The highest BCUT2D eigenvalue weighted by Crippen LogP contribution is 2.25. The standard InChI is InChI=1S/C19H24N2O4S/c1-15-7-8-17(25-15)14-20-19(22)13-16-9-11-21(12-10-16)26(23,24)18-5-3-2-4-6-18/h2-8,16H,9-14H2,1H3,(H,20,22). The van der Waals surface area contributed by atoms with E-state index in [0.717, 1.165) is 11.5 Å². The molecule has 2 heterocycles. The van der Waals surface area contributed by atoms with E-state index >= 15 is 0 Å². The van der Waals surface area contributed by atoms with E-state index in [1.165, 1.54) is 4.31 Å². The van der Waals surface area contributed by atoms with Gasteiger partial charge < -0.3 is 9.73 Å². The first-order chi connectivity index (χ1) is 12.4. The lowest BCUT2D eigenvalue weighted by Crippen LogP contribution is -2.39.